The van der Waals surface area contributed by atoms with E-state index >= 15 is 0 Å². The highest BCUT2D eigenvalue weighted by molar-refractivity contribution is 7.86. The fraction of sp³-hybridized carbons (Fsp3) is 0.391. The molecule has 3 rings (SSSR count). The van der Waals surface area contributed by atoms with Crippen molar-refractivity contribution in [3.63, 3.8) is 0 Å². The number of benzene rings is 2. The SMILES string of the molecule is CCN(C)C(=O)CS(=O)c1ccc(C(=O)N2CCN(c3cccc(Cl)c3)C(C)C2)cc1[N+](=O)[O-]. The van der Waals surface area contributed by atoms with Gasteiger partial charge in [-0.1, -0.05) is 17.7 Å². The Morgan fingerprint density at radius 2 is 1.97 bits per heavy atom. The van der Waals surface area contributed by atoms with Gasteiger partial charge in [-0.05, 0) is 44.2 Å². The number of hydrogen-bond donors (Lipinski definition) is 0. The number of anilines is 1. The molecule has 1 saturated heterocycles. The minimum atomic E-state index is -1.90. The number of rotatable bonds is 7. The van der Waals surface area contributed by atoms with E-state index in [2.05, 4.69) is 4.90 Å². The minimum absolute atomic E-state index is 0.0134. The molecule has 0 spiro atoms. The van der Waals surface area contributed by atoms with Crippen molar-refractivity contribution >= 4 is 45.6 Å². The van der Waals surface area contributed by atoms with Gasteiger partial charge in [0.25, 0.3) is 11.6 Å². The van der Waals surface area contributed by atoms with Crippen molar-refractivity contribution in [1.82, 2.24) is 9.80 Å². The van der Waals surface area contributed by atoms with Crippen LogP contribution in [0.3, 0.4) is 0 Å². The van der Waals surface area contributed by atoms with Crippen LogP contribution in [0.15, 0.2) is 47.4 Å². The molecule has 2 aromatic carbocycles. The molecule has 0 aliphatic carbocycles. The molecule has 0 aromatic heterocycles. The zero-order valence-corrected chi connectivity index (χ0v) is 20.8. The molecule has 0 bridgehead atoms. The molecular formula is C23H27ClN4O5S. The van der Waals surface area contributed by atoms with Gasteiger partial charge in [0.1, 0.15) is 10.6 Å². The fourth-order valence-electron chi connectivity index (χ4n) is 3.83. The Morgan fingerprint density at radius 3 is 2.59 bits per heavy atom. The lowest BCUT2D eigenvalue weighted by Gasteiger charge is -2.41. The van der Waals surface area contributed by atoms with Crippen LogP contribution in [0.4, 0.5) is 11.4 Å². The van der Waals surface area contributed by atoms with Gasteiger partial charge in [0.05, 0.1) is 15.7 Å². The first-order valence-electron chi connectivity index (χ1n) is 10.8. The number of nitro benzene ring substituents is 1. The molecule has 1 fully saturated rings. The first-order chi connectivity index (χ1) is 16.1. The van der Waals surface area contributed by atoms with Gasteiger partial charge in [0, 0.05) is 61.6 Å². The van der Waals surface area contributed by atoms with Gasteiger partial charge in [0.15, 0.2) is 0 Å². The van der Waals surface area contributed by atoms with E-state index in [-0.39, 0.29) is 34.1 Å². The van der Waals surface area contributed by atoms with Crippen molar-refractivity contribution in [2.75, 3.05) is 43.9 Å². The number of carbonyl (C=O) groups excluding carboxylic acids is 2. The van der Waals surface area contributed by atoms with E-state index < -0.39 is 21.4 Å². The summed E-state index contributed by atoms with van der Waals surface area (Å²) >= 11 is 6.11. The number of halogens is 1. The lowest BCUT2D eigenvalue weighted by Crippen LogP contribution is -2.53. The van der Waals surface area contributed by atoms with Crippen LogP contribution in [-0.4, -0.2) is 75.8 Å². The second kappa shape index (κ2) is 11.0. The number of nitrogens with zero attached hydrogens (tertiary/aromatic N) is 4. The maximum absolute atomic E-state index is 13.1. The first kappa shape index (κ1) is 25.6. The van der Waals surface area contributed by atoms with Gasteiger partial charge >= 0.3 is 0 Å². The van der Waals surface area contributed by atoms with E-state index in [0.29, 0.717) is 31.2 Å². The summed E-state index contributed by atoms with van der Waals surface area (Å²) in [5.41, 5.74) is 0.687. The number of nitro groups is 1. The van der Waals surface area contributed by atoms with Crippen LogP contribution in [0.25, 0.3) is 0 Å². The second-order valence-electron chi connectivity index (χ2n) is 8.11. The Hall–Kier alpha value is -2.98. The van der Waals surface area contributed by atoms with Crippen LogP contribution < -0.4 is 4.90 Å². The predicted octanol–water partition coefficient (Wildman–Crippen LogP) is 3.19. The predicted molar refractivity (Wildman–Crippen MR) is 132 cm³/mol. The Labute approximate surface area is 205 Å². The number of hydrogen-bond acceptors (Lipinski definition) is 6. The Balaban J connectivity index is 1.76. The maximum atomic E-state index is 13.1. The monoisotopic (exact) mass is 506 g/mol. The number of amides is 2. The summed E-state index contributed by atoms with van der Waals surface area (Å²) in [4.78, 5) is 41.4. The molecule has 34 heavy (non-hydrogen) atoms. The van der Waals surface area contributed by atoms with E-state index in [9.17, 15) is 23.9 Å². The standard InChI is InChI=1S/C23H27ClN4O5S/c1-4-25(3)22(29)15-34(33)21-9-8-17(12-20(21)28(31)32)23(30)26-10-11-27(16(2)14-26)19-7-5-6-18(24)13-19/h5-9,12-13,16H,4,10-11,14-15H2,1-3H3. The molecule has 2 unspecified atom stereocenters. The molecule has 0 saturated carbocycles. The van der Waals surface area contributed by atoms with E-state index in [0.717, 1.165) is 11.8 Å². The molecule has 2 atom stereocenters. The van der Waals surface area contributed by atoms with Crippen LogP contribution in [-0.2, 0) is 15.6 Å². The smallest absolute Gasteiger partial charge is 0.286 e. The number of piperazine rings is 1. The summed E-state index contributed by atoms with van der Waals surface area (Å²) in [5.74, 6) is -1.07. The van der Waals surface area contributed by atoms with Crippen molar-refractivity contribution in [1.29, 1.82) is 0 Å². The second-order valence-corrected chi connectivity index (χ2v) is 9.97. The third-order valence-electron chi connectivity index (χ3n) is 5.86. The molecule has 1 aliphatic rings. The molecule has 1 aliphatic heterocycles. The third kappa shape index (κ3) is 5.74. The summed E-state index contributed by atoms with van der Waals surface area (Å²) in [7, 11) is -0.331. The summed E-state index contributed by atoms with van der Waals surface area (Å²) in [6.45, 7) is 5.68. The van der Waals surface area contributed by atoms with E-state index in [4.69, 9.17) is 11.6 Å². The van der Waals surface area contributed by atoms with Crippen molar-refractivity contribution in [3.05, 3.63) is 63.2 Å². The molecule has 0 N–H and O–H groups in total. The summed E-state index contributed by atoms with van der Waals surface area (Å²) < 4.78 is 12.7. The molecule has 182 valence electrons. The van der Waals surface area contributed by atoms with Crippen molar-refractivity contribution < 1.29 is 18.7 Å². The van der Waals surface area contributed by atoms with Gasteiger partial charge in [-0.25, -0.2) is 0 Å². The van der Waals surface area contributed by atoms with Gasteiger partial charge in [-0.3, -0.25) is 23.9 Å². The third-order valence-corrected chi connectivity index (χ3v) is 7.44. The first-order valence-corrected chi connectivity index (χ1v) is 12.5. The van der Waals surface area contributed by atoms with E-state index in [1.54, 1.807) is 24.9 Å². The number of carbonyl (C=O) groups is 2. The highest BCUT2D eigenvalue weighted by Crippen LogP contribution is 2.27. The summed E-state index contributed by atoms with van der Waals surface area (Å²) in [5, 5.41) is 12.3. The summed E-state index contributed by atoms with van der Waals surface area (Å²) in [6, 6.07) is 11.4. The van der Waals surface area contributed by atoms with E-state index in [1.165, 1.54) is 17.0 Å². The molecule has 11 heteroatoms. The van der Waals surface area contributed by atoms with Crippen molar-refractivity contribution in [2.24, 2.45) is 0 Å². The normalized spacial score (nSPS) is 16.8. The van der Waals surface area contributed by atoms with Crippen LogP contribution >= 0.6 is 11.6 Å². The lowest BCUT2D eigenvalue weighted by atomic mass is 10.1. The zero-order chi connectivity index (χ0) is 25.0. The highest BCUT2D eigenvalue weighted by Gasteiger charge is 2.30. The molecular weight excluding hydrogens is 480 g/mol. The Morgan fingerprint density at radius 1 is 1.24 bits per heavy atom. The molecule has 0 radical (unpaired) electrons. The van der Waals surface area contributed by atoms with Crippen molar-refractivity contribution in [3.8, 4) is 0 Å². The van der Waals surface area contributed by atoms with Gasteiger partial charge in [0.2, 0.25) is 5.91 Å². The minimum Gasteiger partial charge on any atom is -0.365 e. The van der Waals surface area contributed by atoms with Crippen LogP contribution in [0.1, 0.15) is 24.2 Å². The molecule has 9 nitrogen and oxygen atoms in total. The van der Waals surface area contributed by atoms with Crippen LogP contribution in [0.2, 0.25) is 5.02 Å². The lowest BCUT2D eigenvalue weighted by molar-refractivity contribution is -0.387. The topological polar surface area (TPSA) is 104 Å². The van der Waals surface area contributed by atoms with Crippen molar-refractivity contribution in [2.45, 2.75) is 24.8 Å². The molecule has 2 aromatic rings. The van der Waals surface area contributed by atoms with E-state index in [1.807, 2.05) is 25.1 Å². The van der Waals surface area contributed by atoms with Gasteiger partial charge < -0.3 is 14.7 Å². The summed E-state index contributed by atoms with van der Waals surface area (Å²) in [6.07, 6.45) is 0. The van der Waals surface area contributed by atoms with Gasteiger partial charge in [-0.2, -0.15) is 0 Å². The average molecular weight is 507 g/mol. The maximum Gasteiger partial charge on any atom is 0.286 e. The highest BCUT2D eigenvalue weighted by atomic mass is 35.5. The van der Waals surface area contributed by atoms with Crippen LogP contribution in [0, 0.1) is 10.1 Å². The van der Waals surface area contributed by atoms with Gasteiger partial charge in [-0.15, -0.1) is 0 Å². The molecule has 1 heterocycles. The van der Waals surface area contributed by atoms with Crippen LogP contribution in [0.5, 0.6) is 0 Å². The molecule has 2 amide bonds. The zero-order valence-electron chi connectivity index (χ0n) is 19.3. The average Bonchev–Trinajstić information content (AvgIpc) is 2.82. The largest absolute Gasteiger partial charge is 0.365 e. The quantitative estimate of drug-likeness (QED) is 0.422. The Kier molecular flexibility index (Phi) is 8.27. The fourth-order valence-corrected chi connectivity index (χ4v) is 5.20. The Bertz CT molecular complexity index is 1130.